The Morgan fingerprint density at radius 2 is 1.57 bits per heavy atom. The van der Waals surface area contributed by atoms with Gasteiger partial charge in [0, 0.05) is 22.1 Å². The number of ether oxygens (including phenoxy) is 1. The fraction of sp³-hybridized carbons (Fsp3) is 0.531. The third-order valence-corrected chi connectivity index (χ3v) is 8.58. The molecule has 4 aliphatic carbocycles. The van der Waals surface area contributed by atoms with Crippen LogP contribution in [0.3, 0.4) is 0 Å². The van der Waals surface area contributed by atoms with E-state index in [-0.39, 0.29) is 5.41 Å². The van der Waals surface area contributed by atoms with Crippen molar-refractivity contribution >= 4 is 5.97 Å². The Labute approximate surface area is 210 Å². The lowest BCUT2D eigenvalue weighted by atomic mass is 9.47. The first kappa shape index (κ1) is 24.0. The van der Waals surface area contributed by atoms with E-state index in [4.69, 9.17) is 4.74 Å². The molecule has 184 valence electrons. The smallest absolute Gasteiger partial charge is 0.336 e. The molecule has 35 heavy (non-hydrogen) atoms. The third kappa shape index (κ3) is 5.13. The predicted molar refractivity (Wildman–Crippen MR) is 140 cm³/mol. The molecule has 0 heterocycles. The summed E-state index contributed by atoms with van der Waals surface area (Å²) in [5, 5.41) is 10.1. The van der Waals surface area contributed by atoms with Crippen molar-refractivity contribution in [2.45, 2.75) is 83.0 Å². The Kier molecular flexibility index (Phi) is 7.19. The standard InChI is InChI=1S/C32H38O3/c1-2-3-4-5-9-16-35-29-15-14-28(31(33)34)27(13-12-23-10-7-6-8-11-23)30(29)32-20-24-17-25(21-32)19-26(18-24)22-32/h6-8,10-11,14-15,24-26H,2-5,9,16-22H2,1H3,(H,33,34). The number of hydrogen-bond donors (Lipinski definition) is 1. The van der Waals surface area contributed by atoms with Gasteiger partial charge >= 0.3 is 5.97 Å². The molecule has 0 aliphatic heterocycles. The summed E-state index contributed by atoms with van der Waals surface area (Å²) in [6, 6.07) is 13.5. The van der Waals surface area contributed by atoms with E-state index in [0.29, 0.717) is 17.7 Å². The Morgan fingerprint density at radius 1 is 0.914 bits per heavy atom. The van der Waals surface area contributed by atoms with Crippen molar-refractivity contribution in [2.75, 3.05) is 6.61 Å². The molecule has 1 N–H and O–H groups in total. The summed E-state index contributed by atoms with van der Waals surface area (Å²) in [5.74, 6) is 8.87. The van der Waals surface area contributed by atoms with E-state index in [2.05, 4.69) is 18.8 Å². The molecule has 4 bridgehead atoms. The summed E-state index contributed by atoms with van der Waals surface area (Å²) in [4.78, 5) is 12.4. The first-order valence-corrected chi connectivity index (χ1v) is 13.7. The molecule has 4 fully saturated rings. The van der Waals surface area contributed by atoms with Gasteiger partial charge in [0.2, 0.25) is 0 Å². The quantitative estimate of drug-likeness (QED) is 0.303. The highest BCUT2D eigenvalue weighted by molar-refractivity contribution is 5.92. The maximum Gasteiger partial charge on any atom is 0.336 e. The minimum Gasteiger partial charge on any atom is -0.493 e. The van der Waals surface area contributed by atoms with E-state index < -0.39 is 5.97 Å². The lowest BCUT2D eigenvalue weighted by Gasteiger charge is -2.57. The topological polar surface area (TPSA) is 46.5 Å². The van der Waals surface area contributed by atoms with Crippen molar-refractivity contribution in [3.63, 3.8) is 0 Å². The summed E-state index contributed by atoms with van der Waals surface area (Å²) in [6.07, 6.45) is 13.4. The van der Waals surface area contributed by atoms with Gasteiger partial charge in [-0.3, -0.25) is 0 Å². The number of hydrogen-bond acceptors (Lipinski definition) is 2. The second-order valence-electron chi connectivity index (χ2n) is 11.2. The predicted octanol–water partition coefficient (Wildman–Crippen LogP) is 7.60. The van der Waals surface area contributed by atoms with E-state index in [1.54, 1.807) is 6.07 Å². The van der Waals surface area contributed by atoms with Gasteiger partial charge in [0.25, 0.3) is 0 Å². The molecular weight excluding hydrogens is 432 g/mol. The summed E-state index contributed by atoms with van der Waals surface area (Å²) in [7, 11) is 0. The van der Waals surface area contributed by atoms with Crippen molar-refractivity contribution in [1.29, 1.82) is 0 Å². The van der Waals surface area contributed by atoms with Crippen LogP contribution < -0.4 is 4.74 Å². The van der Waals surface area contributed by atoms with Crippen LogP contribution in [0.1, 0.15) is 105 Å². The van der Waals surface area contributed by atoms with Gasteiger partial charge < -0.3 is 9.84 Å². The monoisotopic (exact) mass is 470 g/mol. The lowest BCUT2D eigenvalue weighted by Crippen LogP contribution is -2.49. The molecule has 0 atom stereocenters. The normalized spacial score (nSPS) is 26.3. The molecule has 3 nitrogen and oxygen atoms in total. The molecule has 0 amide bonds. The summed E-state index contributed by atoms with van der Waals surface area (Å²) < 4.78 is 6.47. The number of aromatic carboxylic acids is 1. The zero-order valence-corrected chi connectivity index (χ0v) is 21.0. The van der Waals surface area contributed by atoms with Crippen LogP contribution in [0.25, 0.3) is 0 Å². The van der Waals surface area contributed by atoms with Crippen molar-refractivity contribution in [3.8, 4) is 17.6 Å². The van der Waals surface area contributed by atoms with Gasteiger partial charge in [-0.2, -0.15) is 0 Å². The summed E-state index contributed by atoms with van der Waals surface area (Å²) in [6.45, 7) is 2.91. The molecule has 2 aromatic carbocycles. The molecule has 0 spiro atoms. The molecule has 0 aromatic heterocycles. The van der Waals surface area contributed by atoms with Gasteiger partial charge in [-0.25, -0.2) is 4.79 Å². The van der Waals surface area contributed by atoms with E-state index >= 15 is 0 Å². The molecule has 0 radical (unpaired) electrons. The minimum atomic E-state index is -0.903. The van der Waals surface area contributed by atoms with Crippen molar-refractivity contribution in [2.24, 2.45) is 17.8 Å². The van der Waals surface area contributed by atoms with Crippen LogP contribution in [0, 0.1) is 29.6 Å². The number of carboxylic acid groups (broad SMARTS) is 1. The SMILES string of the molecule is CCCCCCCOc1ccc(C(=O)O)c(C#Cc2ccccc2)c1C12CC3CC(CC(C3)C1)C2. The second-order valence-corrected chi connectivity index (χ2v) is 11.2. The van der Waals surface area contributed by atoms with E-state index in [0.717, 1.165) is 60.3 Å². The molecule has 0 saturated heterocycles. The van der Waals surface area contributed by atoms with E-state index in [9.17, 15) is 9.90 Å². The van der Waals surface area contributed by atoms with Crippen LogP contribution in [0.15, 0.2) is 42.5 Å². The summed E-state index contributed by atoms with van der Waals surface area (Å²) >= 11 is 0. The van der Waals surface area contributed by atoms with E-state index in [1.165, 1.54) is 44.9 Å². The highest BCUT2D eigenvalue weighted by atomic mass is 16.5. The highest BCUT2D eigenvalue weighted by Crippen LogP contribution is 2.62. The van der Waals surface area contributed by atoms with Crippen LogP contribution in [0.4, 0.5) is 0 Å². The second kappa shape index (κ2) is 10.5. The van der Waals surface area contributed by atoms with Gasteiger partial charge in [-0.15, -0.1) is 0 Å². The molecule has 6 rings (SSSR count). The average Bonchev–Trinajstić information content (AvgIpc) is 2.84. The minimum absolute atomic E-state index is 0.00153. The molecule has 4 aliphatic rings. The maximum absolute atomic E-state index is 12.4. The third-order valence-electron chi connectivity index (χ3n) is 8.58. The highest BCUT2D eigenvalue weighted by Gasteiger charge is 2.53. The fourth-order valence-electron chi connectivity index (χ4n) is 7.50. The zero-order valence-electron chi connectivity index (χ0n) is 21.0. The number of carboxylic acids is 1. The van der Waals surface area contributed by atoms with Gasteiger partial charge in [-0.1, -0.05) is 62.6 Å². The number of benzene rings is 2. The lowest BCUT2D eigenvalue weighted by molar-refractivity contribution is -0.00654. The van der Waals surface area contributed by atoms with Crippen LogP contribution in [-0.4, -0.2) is 17.7 Å². The van der Waals surface area contributed by atoms with Crippen LogP contribution in [-0.2, 0) is 5.41 Å². The molecule has 3 heteroatoms. The molecule has 2 aromatic rings. The van der Waals surface area contributed by atoms with Gasteiger partial charge in [0.15, 0.2) is 0 Å². The average molecular weight is 471 g/mol. The van der Waals surface area contributed by atoms with Crippen molar-refractivity contribution in [1.82, 2.24) is 0 Å². The number of rotatable bonds is 9. The number of unbranched alkanes of at least 4 members (excludes halogenated alkanes) is 4. The first-order chi connectivity index (χ1) is 17.1. The zero-order chi connectivity index (χ0) is 24.3. The van der Waals surface area contributed by atoms with Crippen molar-refractivity contribution in [3.05, 3.63) is 64.7 Å². The van der Waals surface area contributed by atoms with Crippen LogP contribution in [0.2, 0.25) is 0 Å². The molecule has 4 saturated carbocycles. The molecular formula is C32H38O3. The Morgan fingerprint density at radius 3 is 2.20 bits per heavy atom. The van der Waals surface area contributed by atoms with Crippen LogP contribution in [0.5, 0.6) is 5.75 Å². The number of carbonyl (C=O) groups is 1. The van der Waals surface area contributed by atoms with Gasteiger partial charge in [0.1, 0.15) is 5.75 Å². The fourth-order valence-corrected chi connectivity index (χ4v) is 7.50. The van der Waals surface area contributed by atoms with Crippen LogP contribution >= 0.6 is 0 Å². The molecule has 0 unspecified atom stereocenters. The van der Waals surface area contributed by atoms with Gasteiger partial charge in [0.05, 0.1) is 12.2 Å². The van der Waals surface area contributed by atoms with Crippen molar-refractivity contribution < 1.29 is 14.6 Å². The van der Waals surface area contributed by atoms with Gasteiger partial charge in [-0.05, 0) is 87.0 Å². The first-order valence-electron chi connectivity index (χ1n) is 13.7. The largest absolute Gasteiger partial charge is 0.493 e. The summed E-state index contributed by atoms with van der Waals surface area (Å²) in [5.41, 5.74) is 3.01. The Bertz CT molecular complexity index is 1070. The Hall–Kier alpha value is -2.73. The maximum atomic E-state index is 12.4. The Balaban J connectivity index is 1.56. The van der Waals surface area contributed by atoms with E-state index in [1.807, 2.05) is 36.4 Å².